The number of nitrogens with zero attached hydrogens (tertiary/aromatic N) is 1. The smallest absolute Gasteiger partial charge is 0.319 e. The molecular formula is C15H15N3O3. The van der Waals surface area contributed by atoms with E-state index in [2.05, 4.69) is 15.6 Å². The highest BCUT2D eigenvalue weighted by molar-refractivity contribution is 5.89. The van der Waals surface area contributed by atoms with Crippen molar-refractivity contribution in [2.45, 2.75) is 13.0 Å². The number of carbonyl (C=O) groups is 1. The van der Waals surface area contributed by atoms with Gasteiger partial charge in [-0.25, -0.2) is 4.79 Å². The Morgan fingerprint density at radius 2 is 1.95 bits per heavy atom. The van der Waals surface area contributed by atoms with Gasteiger partial charge in [0.2, 0.25) is 6.79 Å². The summed E-state index contributed by atoms with van der Waals surface area (Å²) in [6, 6.07) is 8.62. The summed E-state index contributed by atoms with van der Waals surface area (Å²) in [5.41, 5.74) is 1.64. The van der Waals surface area contributed by atoms with Crippen molar-refractivity contribution < 1.29 is 14.3 Å². The van der Waals surface area contributed by atoms with Crippen LogP contribution in [0.1, 0.15) is 18.5 Å². The summed E-state index contributed by atoms with van der Waals surface area (Å²) < 4.78 is 10.5. The molecule has 2 aromatic rings. The molecule has 1 atom stereocenters. The predicted molar refractivity (Wildman–Crippen MR) is 77.4 cm³/mol. The molecule has 1 aromatic heterocycles. The van der Waals surface area contributed by atoms with E-state index >= 15 is 0 Å². The van der Waals surface area contributed by atoms with Gasteiger partial charge in [-0.15, -0.1) is 0 Å². The van der Waals surface area contributed by atoms with Gasteiger partial charge in [0.05, 0.1) is 6.04 Å². The Morgan fingerprint density at radius 3 is 2.76 bits per heavy atom. The number of amides is 2. The number of anilines is 1. The number of urea groups is 1. The fourth-order valence-electron chi connectivity index (χ4n) is 2.07. The van der Waals surface area contributed by atoms with Gasteiger partial charge in [-0.1, -0.05) is 0 Å². The molecule has 0 aliphatic carbocycles. The molecule has 0 unspecified atom stereocenters. The topological polar surface area (TPSA) is 72.5 Å². The van der Waals surface area contributed by atoms with Crippen LogP contribution in [0.15, 0.2) is 42.7 Å². The number of aromatic nitrogens is 1. The standard InChI is InChI=1S/C15H15N3O3/c1-10(11-4-6-16-7-5-11)17-15(19)18-12-2-3-13-14(8-12)21-9-20-13/h2-8,10H,9H2,1H3,(H2,17,18,19)/t10-/m1/s1. The van der Waals surface area contributed by atoms with Gasteiger partial charge >= 0.3 is 6.03 Å². The molecule has 21 heavy (non-hydrogen) atoms. The van der Waals surface area contributed by atoms with Gasteiger partial charge < -0.3 is 20.1 Å². The number of rotatable bonds is 3. The molecule has 1 aliphatic heterocycles. The van der Waals surface area contributed by atoms with Crippen molar-refractivity contribution in [3.05, 3.63) is 48.3 Å². The Labute approximate surface area is 122 Å². The number of nitrogens with one attached hydrogen (secondary N) is 2. The second kappa shape index (κ2) is 5.70. The lowest BCUT2D eigenvalue weighted by Gasteiger charge is -2.15. The summed E-state index contributed by atoms with van der Waals surface area (Å²) in [7, 11) is 0. The van der Waals surface area contributed by atoms with Crippen LogP contribution >= 0.6 is 0 Å². The van der Waals surface area contributed by atoms with E-state index in [0.717, 1.165) is 5.56 Å². The molecule has 2 heterocycles. The number of carbonyl (C=O) groups excluding carboxylic acids is 1. The largest absolute Gasteiger partial charge is 0.454 e. The minimum atomic E-state index is -0.279. The Hall–Kier alpha value is -2.76. The summed E-state index contributed by atoms with van der Waals surface area (Å²) in [5, 5.41) is 5.63. The highest BCUT2D eigenvalue weighted by Gasteiger charge is 2.15. The first-order valence-corrected chi connectivity index (χ1v) is 6.59. The third-order valence-electron chi connectivity index (χ3n) is 3.18. The van der Waals surface area contributed by atoms with Gasteiger partial charge in [0.1, 0.15) is 0 Å². The van der Waals surface area contributed by atoms with Gasteiger partial charge in [-0.3, -0.25) is 4.98 Å². The van der Waals surface area contributed by atoms with Crippen LogP contribution in [0.3, 0.4) is 0 Å². The summed E-state index contributed by atoms with van der Waals surface area (Å²) in [4.78, 5) is 15.9. The SMILES string of the molecule is C[C@@H](NC(=O)Nc1ccc2c(c1)OCO2)c1ccncc1. The number of pyridine rings is 1. The summed E-state index contributed by atoms with van der Waals surface area (Å²) in [6.45, 7) is 2.12. The molecule has 108 valence electrons. The van der Waals surface area contributed by atoms with E-state index in [1.54, 1.807) is 30.6 Å². The van der Waals surface area contributed by atoms with Gasteiger partial charge in [0, 0.05) is 24.1 Å². The Bertz CT molecular complexity index is 646. The summed E-state index contributed by atoms with van der Waals surface area (Å²) in [6.07, 6.45) is 3.40. The zero-order chi connectivity index (χ0) is 14.7. The first kappa shape index (κ1) is 13.2. The monoisotopic (exact) mass is 285 g/mol. The van der Waals surface area contributed by atoms with Gasteiger partial charge in [-0.05, 0) is 36.8 Å². The van der Waals surface area contributed by atoms with Crippen LogP contribution in [-0.2, 0) is 0 Å². The molecule has 0 radical (unpaired) electrons. The van der Waals surface area contributed by atoms with Gasteiger partial charge in [0.25, 0.3) is 0 Å². The van der Waals surface area contributed by atoms with Crippen LogP contribution in [0.5, 0.6) is 11.5 Å². The Morgan fingerprint density at radius 1 is 1.19 bits per heavy atom. The third-order valence-corrected chi connectivity index (χ3v) is 3.18. The average molecular weight is 285 g/mol. The minimum absolute atomic E-state index is 0.109. The molecule has 0 spiro atoms. The van der Waals surface area contributed by atoms with Crippen LogP contribution in [0.4, 0.5) is 10.5 Å². The molecule has 6 heteroatoms. The fourth-order valence-corrected chi connectivity index (χ4v) is 2.07. The highest BCUT2D eigenvalue weighted by Crippen LogP contribution is 2.34. The van der Waals surface area contributed by atoms with Gasteiger partial charge in [-0.2, -0.15) is 0 Å². The lowest BCUT2D eigenvalue weighted by molar-refractivity contribution is 0.174. The predicted octanol–water partition coefficient (Wildman–Crippen LogP) is 2.69. The van der Waals surface area contributed by atoms with Crippen molar-refractivity contribution in [1.82, 2.24) is 10.3 Å². The van der Waals surface area contributed by atoms with Crippen molar-refractivity contribution >= 4 is 11.7 Å². The zero-order valence-electron chi connectivity index (χ0n) is 11.5. The molecule has 0 fully saturated rings. The molecule has 1 aliphatic rings. The molecular weight excluding hydrogens is 270 g/mol. The normalized spacial score (nSPS) is 13.6. The van der Waals surface area contributed by atoms with Crippen molar-refractivity contribution in [3.8, 4) is 11.5 Å². The molecule has 3 rings (SSSR count). The van der Waals surface area contributed by atoms with E-state index in [-0.39, 0.29) is 18.9 Å². The molecule has 0 saturated heterocycles. The zero-order valence-corrected chi connectivity index (χ0v) is 11.5. The quantitative estimate of drug-likeness (QED) is 0.909. The number of hydrogen-bond acceptors (Lipinski definition) is 4. The maximum Gasteiger partial charge on any atom is 0.319 e. The van der Waals surface area contributed by atoms with Crippen molar-refractivity contribution in [2.75, 3.05) is 12.1 Å². The van der Waals surface area contributed by atoms with Crippen LogP contribution < -0.4 is 20.1 Å². The molecule has 0 saturated carbocycles. The number of benzene rings is 1. The van der Waals surface area contributed by atoms with E-state index in [1.165, 1.54) is 0 Å². The minimum Gasteiger partial charge on any atom is -0.454 e. The Balaban J connectivity index is 1.61. The van der Waals surface area contributed by atoms with E-state index in [9.17, 15) is 4.79 Å². The summed E-state index contributed by atoms with van der Waals surface area (Å²) >= 11 is 0. The van der Waals surface area contributed by atoms with Crippen LogP contribution in [0.2, 0.25) is 0 Å². The first-order chi connectivity index (χ1) is 10.2. The third kappa shape index (κ3) is 3.05. The lowest BCUT2D eigenvalue weighted by Crippen LogP contribution is -2.31. The van der Waals surface area contributed by atoms with Crippen LogP contribution in [0.25, 0.3) is 0 Å². The average Bonchev–Trinajstić information content (AvgIpc) is 2.95. The Kier molecular flexibility index (Phi) is 3.59. The number of fused-ring (bicyclic) bond motifs is 1. The van der Waals surface area contributed by atoms with E-state index < -0.39 is 0 Å². The van der Waals surface area contributed by atoms with Crippen molar-refractivity contribution in [3.63, 3.8) is 0 Å². The van der Waals surface area contributed by atoms with Crippen molar-refractivity contribution in [1.29, 1.82) is 0 Å². The van der Waals surface area contributed by atoms with Crippen molar-refractivity contribution in [2.24, 2.45) is 0 Å². The van der Waals surface area contributed by atoms with E-state index in [4.69, 9.17) is 9.47 Å². The van der Waals surface area contributed by atoms with E-state index in [0.29, 0.717) is 17.2 Å². The second-order valence-corrected chi connectivity index (χ2v) is 4.67. The van der Waals surface area contributed by atoms with Crippen LogP contribution in [-0.4, -0.2) is 17.8 Å². The molecule has 2 N–H and O–H groups in total. The molecule has 2 amide bonds. The van der Waals surface area contributed by atoms with Crippen LogP contribution in [0, 0.1) is 0 Å². The van der Waals surface area contributed by atoms with Gasteiger partial charge in [0.15, 0.2) is 11.5 Å². The number of hydrogen-bond donors (Lipinski definition) is 2. The number of ether oxygens (including phenoxy) is 2. The summed E-state index contributed by atoms with van der Waals surface area (Å²) in [5.74, 6) is 1.32. The molecule has 6 nitrogen and oxygen atoms in total. The maximum absolute atomic E-state index is 12.0. The maximum atomic E-state index is 12.0. The first-order valence-electron chi connectivity index (χ1n) is 6.59. The second-order valence-electron chi connectivity index (χ2n) is 4.67. The molecule has 1 aromatic carbocycles. The molecule has 0 bridgehead atoms. The lowest BCUT2D eigenvalue weighted by atomic mass is 10.1. The van der Waals surface area contributed by atoms with E-state index in [1.807, 2.05) is 19.1 Å². The highest BCUT2D eigenvalue weighted by atomic mass is 16.7. The fraction of sp³-hybridized carbons (Fsp3) is 0.200.